The summed E-state index contributed by atoms with van der Waals surface area (Å²) in [6.07, 6.45) is 9.89. The van der Waals surface area contributed by atoms with E-state index in [0.29, 0.717) is 5.92 Å². The zero-order chi connectivity index (χ0) is 15.8. The molecule has 1 heterocycles. The van der Waals surface area contributed by atoms with Crippen molar-refractivity contribution in [3.63, 3.8) is 0 Å². The maximum absolute atomic E-state index is 13.7. The number of hydrogen-bond acceptors (Lipinski definition) is 2. The summed E-state index contributed by atoms with van der Waals surface area (Å²) in [6, 6.07) is 6.72. The Morgan fingerprint density at radius 2 is 2.09 bits per heavy atom. The molecule has 2 rings (SSSR count). The molecule has 0 N–H and O–H groups in total. The van der Waals surface area contributed by atoms with Crippen LogP contribution in [-0.4, -0.2) is 6.61 Å². The molecule has 0 aromatic heterocycles. The number of nitriles is 1. The topological polar surface area (TPSA) is 33.0 Å². The van der Waals surface area contributed by atoms with Crippen molar-refractivity contribution in [2.24, 2.45) is 5.92 Å². The zero-order valence-corrected chi connectivity index (χ0v) is 13.5. The Kier molecular flexibility index (Phi) is 6.86. The molecule has 1 aliphatic heterocycles. The van der Waals surface area contributed by atoms with E-state index in [1.54, 1.807) is 6.07 Å². The van der Waals surface area contributed by atoms with Gasteiger partial charge in [-0.15, -0.1) is 0 Å². The second-order valence-corrected chi connectivity index (χ2v) is 6.30. The van der Waals surface area contributed by atoms with Gasteiger partial charge in [0.05, 0.1) is 11.7 Å². The van der Waals surface area contributed by atoms with Crippen LogP contribution in [-0.2, 0) is 4.74 Å². The Labute approximate surface area is 133 Å². The van der Waals surface area contributed by atoms with E-state index in [2.05, 4.69) is 6.92 Å². The highest BCUT2D eigenvalue weighted by molar-refractivity contribution is 5.34. The van der Waals surface area contributed by atoms with E-state index in [9.17, 15) is 4.39 Å². The fraction of sp³-hybridized carbons (Fsp3) is 0.632. The monoisotopic (exact) mass is 303 g/mol. The Morgan fingerprint density at radius 1 is 1.27 bits per heavy atom. The number of halogens is 1. The van der Waals surface area contributed by atoms with E-state index in [1.165, 1.54) is 44.6 Å². The molecule has 2 atom stereocenters. The molecule has 0 radical (unpaired) electrons. The molecule has 0 amide bonds. The number of unbranched alkanes of at least 4 members (excludes halogenated alkanes) is 4. The van der Waals surface area contributed by atoms with Crippen molar-refractivity contribution in [2.45, 2.75) is 64.4 Å². The predicted molar refractivity (Wildman–Crippen MR) is 85.9 cm³/mol. The number of ether oxygens (including phenoxy) is 1. The molecule has 0 bridgehead atoms. The Bertz CT molecular complexity index is 509. The Morgan fingerprint density at radius 3 is 2.82 bits per heavy atom. The number of nitrogens with zero attached hydrogens (tertiary/aromatic N) is 1. The van der Waals surface area contributed by atoms with Crippen LogP contribution >= 0.6 is 0 Å². The molecule has 0 aliphatic carbocycles. The van der Waals surface area contributed by atoms with Gasteiger partial charge in [-0.05, 0) is 36.5 Å². The van der Waals surface area contributed by atoms with Crippen molar-refractivity contribution >= 4 is 0 Å². The summed E-state index contributed by atoms with van der Waals surface area (Å²) in [6.45, 7) is 2.99. The van der Waals surface area contributed by atoms with Crippen LogP contribution in [0.4, 0.5) is 4.39 Å². The summed E-state index contributed by atoms with van der Waals surface area (Å²) < 4.78 is 19.6. The molecule has 0 saturated carbocycles. The van der Waals surface area contributed by atoms with Gasteiger partial charge < -0.3 is 4.74 Å². The maximum atomic E-state index is 13.7. The van der Waals surface area contributed by atoms with Crippen LogP contribution in [0.3, 0.4) is 0 Å². The third-order valence-corrected chi connectivity index (χ3v) is 4.59. The number of rotatable bonds is 7. The highest BCUT2D eigenvalue weighted by Crippen LogP contribution is 2.34. The second-order valence-electron chi connectivity index (χ2n) is 6.30. The van der Waals surface area contributed by atoms with Crippen LogP contribution in [0, 0.1) is 23.1 Å². The molecule has 0 spiro atoms. The fourth-order valence-corrected chi connectivity index (χ4v) is 3.22. The molecule has 120 valence electrons. The summed E-state index contributed by atoms with van der Waals surface area (Å²) in [5, 5.41) is 8.80. The van der Waals surface area contributed by atoms with Crippen molar-refractivity contribution in [1.29, 1.82) is 5.26 Å². The first-order valence-corrected chi connectivity index (χ1v) is 8.55. The minimum Gasteiger partial charge on any atom is -0.374 e. The van der Waals surface area contributed by atoms with Crippen molar-refractivity contribution < 1.29 is 9.13 Å². The first-order chi connectivity index (χ1) is 10.7. The first kappa shape index (κ1) is 17.0. The van der Waals surface area contributed by atoms with E-state index in [-0.39, 0.29) is 11.7 Å². The molecule has 2 nitrogen and oxygen atoms in total. The van der Waals surface area contributed by atoms with E-state index >= 15 is 0 Å². The Balaban J connectivity index is 1.85. The maximum Gasteiger partial charge on any atom is 0.141 e. The van der Waals surface area contributed by atoms with Crippen LogP contribution in [0.1, 0.15) is 75.5 Å². The highest BCUT2D eigenvalue weighted by Gasteiger charge is 2.24. The largest absolute Gasteiger partial charge is 0.374 e. The summed E-state index contributed by atoms with van der Waals surface area (Å²) in [5.74, 6) is 0.240. The van der Waals surface area contributed by atoms with Gasteiger partial charge in [0.15, 0.2) is 0 Å². The average Bonchev–Trinajstić information content (AvgIpc) is 2.55. The van der Waals surface area contributed by atoms with Gasteiger partial charge in [-0.25, -0.2) is 4.39 Å². The van der Waals surface area contributed by atoms with Gasteiger partial charge in [0.25, 0.3) is 0 Å². The van der Waals surface area contributed by atoms with Gasteiger partial charge in [0, 0.05) is 6.61 Å². The van der Waals surface area contributed by atoms with Gasteiger partial charge in [-0.3, -0.25) is 0 Å². The standard InChI is InChI=1S/C19H26FNO/c1-2-3-4-5-6-7-15-10-11-22-19(12-15)16-8-9-17(14-21)18(20)13-16/h8-9,13,15,19H,2-7,10-12H2,1H3. The third kappa shape index (κ3) is 4.81. The lowest BCUT2D eigenvalue weighted by atomic mass is 9.87. The van der Waals surface area contributed by atoms with Crippen LogP contribution in [0.2, 0.25) is 0 Å². The summed E-state index contributed by atoms with van der Waals surface area (Å²) in [7, 11) is 0. The van der Waals surface area contributed by atoms with Crippen molar-refractivity contribution in [3.05, 3.63) is 35.1 Å². The smallest absolute Gasteiger partial charge is 0.141 e. The average molecular weight is 303 g/mol. The van der Waals surface area contributed by atoms with Gasteiger partial charge >= 0.3 is 0 Å². The van der Waals surface area contributed by atoms with E-state index in [0.717, 1.165) is 25.0 Å². The van der Waals surface area contributed by atoms with Crippen molar-refractivity contribution in [3.8, 4) is 6.07 Å². The van der Waals surface area contributed by atoms with E-state index in [1.807, 2.05) is 12.1 Å². The quantitative estimate of drug-likeness (QED) is 0.621. The molecule has 22 heavy (non-hydrogen) atoms. The molecule has 1 aromatic carbocycles. The van der Waals surface area contributed by atoms with E-state index < -0.39 is 5.82 Å². The molecular formula is C19H26FNO. The number of hydrogen-bond donors (Lipinski definition) is 0. The van der Waals surface area contributed by atoms with E-state index in [4.69, 9.17) is 10.00 Å². The predicted octanol–water partition coefficient (Wildman–Crippen LogP) is 5.53. The molecule has 2 unspecified atom stereocenters. The molecule has 3 heteroatoms. The molecular weight excluding hydrogens is 277 g/mol. The lowest BCUT2D eigenvalue weighted by molar-refractivity contribution is -0.0127. The normalized spacial score (nSPS) is 21.5. The highest BCUT2D eigenvalue weighted by atomic mass is 19.1. The summed E-state index contributed by atoms with van der Waals surface area (Å²) in [5.41, 5.74) is 0.971. The molecule has 1 aromatic rings. The van der Waals surface area contributed by atoms with Crippen LogP contribution < -0.4 is 0 Å². The van der Waals surface area contributed by atoms with Crippen LogP contribution in [0.25, 0.3) is 0 Å². The first-order valence-electron chi connectivity index (χ1n) is 8.55. The fourth-order valence-electron chi connectivity index (χ4n) is 3.22. The molecule has 1 saturated heterocycles. The van der Waals surface area contributed by atoms with Crippen molar-refractivity contribution in [1.82, 2.24) is 0 Å². The molecule has 1 fully saturated rings. The van der Waals surface area contributed by atoms with Gasteiger partial charge in [0.2, 0.25) is 0 Å². The molecule has 1 aliphatic rings. The minimum absolute atomic E-state index is 0.0170. The SMILES string of the molecule is CCCCCCCC1CCOC(c2ccc(C#N)c(F)c2)C1. The summed E-state index contributed by atoms with van der Waals surface area (Å²) >= 11 is 0. The zero-order valence-electron chi connectivity index (χ0n) is 13.5. The van der Waals surface area contributed by atoms with Crippen LogP contribution in [0.5, 0.6) is 0 Å². The van der Waals surface area contributed by atoms with Gasteiger partial charge in [-0.2, -0.15) is 5.26 Å². The Hall–Kier alpha value is -1.40. The van der Waals surface area contributed by atoms with Gasteiger partial charge in [0.1, 0.15) is 11.9 Å². The van der Waals surface area contributed by atoms with Gasteiger partial charge in [-0.1, -0.05) is 51.5 Å². The second kappa shape index (κ2) is 8.90. The van der Waals surface area contributed by atoms with Crippen LogP contribution in [0.15, 0.2) is 18.2 Å². The third-order valence-electron chi connectivity index (χ3n) is 4.59. The minimum atomic E-state index is -0.440. The number of benzene rings is 1. The summed E-state index contributed by atoms with van der Waals surface area (Å²) in [4.78, 5) is 0. The lowest BCUT2D eigenvalue weighted by Crippen LogP contribution is -2.20. The van der Waals surface area contributed by atoms with Crippen molar-refractivity contribution in [2.75, 3.05) is 6.61 Å². The lowest BCUT2D eigenvalue weighted by Gasteiger charge is -2.30.